The van der Waals surface area contributed by atoms with Crippen LogP contribution in [-0.4, -0.2) is 9.97 Å². The second-order valence-electron chi connectivity index (χ2n) is 4.62. The third-order valence-electron chi connectivity index (χ3n) is 3.15. The molecule has 2 heterocycles. The van der Waals surface area contributed by atoms with Crippen molar-refractivity contribution in [2.75, 3.05) is 0 Å². The van der Waals surface area contributed by atoms with Crippen LogP contribution in [0, 0.1) is 13.8 Å². The summed E-state index contributed by atoms with van der Waals surface area (Å²) < 4.78 is 10.9. The number of benzene rings is 1. The summed E-state index contributed by atoms with van der Waals surface area (Å²) >= 11 is 0. The molecule has 0 aliphatic rings. The molecule has 0 saturated heterocycles. The van der Waals surface area contributed by atoms with Gasteiger partial charge in [-0.3, -0.25) is 4.98 Å². The maximum absolute atomic E-state index is 11.2. The van der Waals surface area contributed by atoms with Crippen LogP contribution in [0.5, 0.6) is 5.75 Å². The summed E-state index contributed by atoms with van der Waals surface area (Å²) in [6, 6.07) is 9.87. The van der Waals surface area contributed by atoms with Gasteiger partial charge in [0.2, 0.25) is 0 Å². The van der Waals surface area contributed by atoms with Crippen molar-refractivity contribution in [2.24, 2.45) is 0 Å². The molecule has 1 aromatic carbocycles. The van der Waals surface area contributed by atoms with E-state index in [1.807, 2.05) is 44.2 Å². The summed E-state index contributed by atoms with van der Waals surface area (Å²) in [5, 5.41) is 0. The molecule has 0 bridgehead atoms. The van der Waals surface area contributed by atoms with Crippen molar-refractivity contribution in [1.82, 2.24) is 9.97 Å². The number of aryl methyl sites for hydroxylation is 2. The van der Waals surface area contributed by atoms with E-state index in [9.17, 15) is 4.79 Å². The molecule has 0 aliphatic heterocycles. The monoisotopic (exact) mass is 270 g/mol. The number of aromatic amines is 1. The highest BCUT2D eigenvalue weighted by Crippen LogP contribution is 2.28. The largest absolute Gasteiger partial charge is 0.487 e. The van der Waals surface area contributed by atoms with E-state index in [1.165, 1.54) is 0 Å². The Kier molecular flexibility index (Phi) is 3.02. The number of aromatic nitrogens is 2. The van der Waals surface area contributed by atoms with E-state index in [0.29, 0.717) is 23.6 Å². The lowest BCUT2D eigenvalue weighted by atomic mass is 10.2. The molecule has 0 saturated carbocycles. The van der Waals surface area contributed by atoms with Gasteiger partial charge in [0.1, 0.15) is 12.4 Å². The van der Waals surface area contributed by atoms with Crippen molar-refractivity contribution in [3.63, 3.8) is 0 Å². The van der Waals surface area contributed by atoms with Crippen molar-refractivity contribution >= 4 is 11.2 Å². The number of hydrogen-bond acceptors (Lipinski definition) is 4. The van der Waals surface area contributed by atoms with Gasteiger partial charge < -0.3 is 9.15 Å². The van der Waals surface area contributed by atoms with Crippen LogP contribution >= 0.6 is 0 Å². The van der Waals surface area contributed by atoms with Crippen LogP contribution in [0.2, 0.25) is 0 Å². The summed E-state index contributed by atoms with van der Waals surface area (Å²) in [6.07, 6.45) is 0. The molecule has 20 heavy (non-hydrogen) atoms. The first-order valence-electron chi connectivity index (χ1n) is 6.32. The van der Waals surface area contributed by atoms with Gasteiger partial charge in [0.25, 0.3) is 0 Å². The van der Waals surface area contributed by atoms with E-state index in [1.54, 1.807) is 0 Å². The van der Waals surface area contributed by atoms with Crippen LogP contribution in [0.15, 0.2) is 39.5 Å². The smallest absolute Gasteiger partial charge is 0.418 e. The minimum atomic E-state index is -0.504. The Labute approximate surface area is 115 Å². The molecule has 0 fully saturated rings. The summed E-state index contributed by atoms with van der Waals surface area (Å²) in [4.78, 5) is 18.1. The molecule has 0 aliphatic carbocycles. The van der Waals surface area contributed by atoms with Crippen molar-refractivity contribution in [1.29, 1.82) is 0 Å². The predicted molar refractivity (Wildman–Crippen MR) is 74.9 cm³/mol. The van der Waals surface area contributed by atoms with E-state index in [2.05, 4.69) is 9.97 Å². The van der Waals surface area contributed by atoms with Crippen LogP contribution < -0.4 is 10.5 Å². The number of nitrogens with zero attached hydrogens (tertiary/aromatic N) is 1. The zero-order valence-corrected chi connectivity index (χ0v) is 11.3. The van der Waals surface area contributed by atoms with E-state index in [4.69, 9.17) is 9.15 Å². The summed E-state index contributed by atoms with van der Waals surface area (Å²) in [5.74, 6) is 0.152. The second-order valence-corrected chi connectivity index (χ2v) is 4.62. The molecule has 1 N–H and O–H groups in total. The fraction of sp³-hybridized carbons (Fsp3) is 0.200. The van der Waals surface area contributed by atoms with Crippen LogP contribution in [0.25, 0.3) is 11.2 Å². The summed E-state index contributed by atoms with van der Waals surface area (Å²) in [7, 11) is 0. The molecule has 3 aromatic rings. The lowest BCUT2D eigenvalue weighted by Gasteiger charge is -2.11. The summed E-state index contributed by atoms with van der Waals surface area (Å²) in [5.41, 5.74) is 3.48. The van der Waals surface area contributed by atoms with E-state index < -0.39 is 5.76 Å². The van der Waals surface area contributed by atoms with Gasteiger partial charge >= 0.3 is 5.76 Å². The summed E-state index contributed by atoms with van der Waals surface area (Å²) in [6.45, 7) is 4.15. The molecular formula is C15H14N2O3. The Morgan fingerprint density at radius 1 is 1.25 bits per heavy atom. The highest BCUT2D eigenvalue weighted by atomic mass is 16.5. The Morgan fingerprint density at radius 2 is 2.00 bits per heavy atom. The molecule has 5 nitrogen and oxygen atoms in total. The Hall–Kier alpha value is -2.56. The third kappa shape index (κ3) is 2.18. The first-order chi connectivity index (χ1) is 9.65. The SMILES string of the molecule is Cc1nc2[nH]c(=O)oc2c(C)c1OCc1ccccc1. The molecule has 5 heteroatoms. The minimum Gasteiger partial charge on any atom is -0.487 e. The quantitative estimate of drug-likeness (QED) is 0.794. The number of H-pyrrole nitrogens is 1. The second kappa shape index (κ2) is 4.85. The van der Waals surface area contributed by atoms with Gasteiger partial charge in [-0.15, -0.1) is 0 Å². The number of fused-ring (bicyclic) bond motifs is 1. The molecule has 3 rings (SSSR count). The fourth-order valence-electron chi connectivity index (χ4n) is 2.19. The lowest BCUT2D eigenvalue weighted by molar-refractivity contribution is 0.300. The zero-order chi connectivity index (χ0) is 14.1. The number of ether oxygens (including phenoxy) is 1. The number of oxazole rings is 1. The molecule has 0 unspecified atom stereocenters. The molecule has 2 aromatic heterocycles. The van der Waals surface area contributed by atoms with Gasteiger partial charge in [-0.1, -0.05) is 30.3 Å². The van der Waals surface area contributed by atoms with E-state index in [-0.39, 0.29) is 0 Å². The maximum atomic E-state index is 11.2. The first kappa shape index (κ1) is 12.5. The molecule has 102 valence electrons. The molecule has 0 radical (unpaired) electrons. The van der Waals surface area contributed by atoms with E-state index in [0.717, 1.165) is 16.8 Å². The number of hydrogen-bond donors (Lipinski definition) is 1. The zero-order valence-electron chi connectivity index (χ0n) is 11.3. The number of rotatable bonds is 3. The highest BCUT2D eigenvalue weighted by Gasteiger charge is 2.14. The van der Waals surface area contributed by atoms with Crippen molar-refractivity contribution in [3.05, 3.63) is 57.7 Å². The molecule has 0 atom stereocenters. The van der Waals surface area contributed by atoms with Gasteiger partial charge in [-0.25, -0.2) is 9.78 Å². The Morgan fingerprint density at radius 3 is 2.75 bits per heavy atom. The molecular weight excluding hydrogens is 256 g/mol. The lowest BCUT2D eigenvalue weighted by Crippen LogP contribution is -2.01. The van der Waals surface area contributed by atoms with Gasteiger partial charge in [-0.2, -0.15) is 0 Å². The number of pyridine rings is 1. The molecule has 0 amide bonds. The van der Waals surface area contributed by atoms with Crippen LogP contribution in [0.3, 0.4) is 0 Å². The standard InChI is InChI=1S/C15H14N2O3/c1-9-12(19-8-11-6-4-3-5-7-11)10(2)16-14-13(9)20-15(18)17-14/h3-7H,8H2,1-2H3,(H,16,17,18). The minimum absolute atomic E-state index is 0.448. The maximum Gasteiger partial charge on any atom is 0.418 e. The average molecular weight is 270 g/mol. The normalized spacial score (nSPS) is 10.9. The van der Waals surface area contributed by atoms with Gasteiger partial charge in [0.05, 0.1) is 5.69 Å². The number of nitrogens with one attached hydrogen (secondary N) is 1. The highest BCUT2D eigenvalue weighted by molar-refractivity contribution is 5.75. The third-order valence-corrected chi connectivity index (χ3v) is 3.15. The van der Waals surface area contributed by atoms with Crippen LogP contribution in [-0.2, 0) is 6.61 Å². The van der Waals surface area contributed by atoms with Crippen molar-refractivity contribution < 1.29 is 9.15 Å². The van der Waals surface area contributed by atoms with Gasteiger partial charge in [0.15, 0.2) is 11.2 Å². The molecule has 0 spiro atoms. The fourth-order valence-corrected chi connectivity index (χ4v) is 2.19. The topological polar surface area (TPSA) is 68.1 Å². The first-order valence-corrected chi connectivity index (χ1v) is 6.32. The predicted octanol–water partition coefficient (Wildman–Crippen LogP) is 2.71. The Bertz CT molecular complexity index is 803. The Balaban J connectivity index is 1.97. The van der Waals surface area contributed by atoms with Gasteiger partial charge in [-0.05, 0) is 19.4 Å². The van der Waals surface area contributed by atoms with E-state index >= 15 is 0 Å². The van der Waals surface area contributed by atoms with Gasteiger partial charge in [0, 0.05) is 5.56 Å². The van der Waals surface area contributed by atoms with Crippen molar-refractivity contribution in [3.8, 4) is 5.75 Å². The van der Waals surface area contributed by atoms with Crippen LogP contribution in [0.1, 0.15) is 16.8 Å². The average Bonchev–Trinajstić information content (AvgIpc) is 2.80. The van der Waals surface area contributed by atoms with Crippen molar-refractivity contribution in [2.45, 2.75) is 20.5 Å². The van der Waals surface area contributed by atoms with Crippen LogP contribution in [0.4, 0.5) is 0 Å².